The average Bonchev–Trinajstić information content (AvgIpc) is 3.22. The van der Waals surface area contributed by atoms with Crippen LogP contribution in [-0.2, 0) is 16.0 Å². The van der Waals surface area contributed by atoms with Gasteiger partial charge in [-0.1, -0.05) is 6.07 Å². The average molecular weight is 371 g/mol. The van der Waals surface area contributed by atoms with Gasteiger partial charge in [0.25, 0.3) is 5.91 Å². The lowest BCUT2D eigenvalue weighted by molar-refractivity contribution is 0.0774. The van der Waals surface area contributed by atoms with Crippen LogP contribution in [0.5, 0.6) is 0 Å². The van der Waals surface area contributed by atoms with Crippen LogP contribution in [0.2, 0.25) is 0 Å². The molecule has 2 atom stereocenters. The van der Waals surface area contributed by atoms with Gasteiger partial charge in [-0.15, -0.1) is 0 Å². The molecule has 1 fully saturated rings. The summed E-state index contributed by atoms with van der Waals surface area (Å²) in [6.07, 6.45) is 1.81. The Morgan fingerprint density at radius 3 is 2.70 bits per heavy atom. The van der Waals surface area contributed by atoms with Crippen LogP contribution in [0.3, 0.4) is 0 Å². The smallest absolute Gasteiger partial charge is 0.255 e. The van der Waals surface area contributed by atoms with Gasteiger partial charge >= 0.3 is 0 Å². The highest BCUT2D eigenvalue weighted by molar-refractivity contribution is 5.96. The van der Waals surface area contributed by atoms with E-state index in [1.54, 1.807) is 14.2 Å². The highest BCUT2D eigenvalue weighted by Gasteiger charge is 2.37. The summed E-state index contributed by atoms with van der Waals surface area (Å²) < 4.78 is 12.8. The van der Waals surface area contributed by atoms with E-state index in [0.29, 0.717) is 26.3 Å². The summed E-state index contributed by atoms with van der Waals surface area (Å²) in [4.78, 5) is 19.7. The normalized spacial score (nSPS) is 19.6. The Balaban J connectivity index is 1.81. The van der Waals surface area contributed by atoms with E-state index in [9.17, 15) is 4.79 Å². The number of pyridine rings is 1. The number of likely N-dealkylation sites (tertiary alicyclic amines) is 1. The van der Waals surface area contributed by atoms with Crippen molar-refractivity contribution in [1.82, 2.24) is 14.5 Å². The molecule has 6 heteroatoms. The lowest BCUT2D eigenvalue weighted by Crippen LogP contribution is -2.29. The van der Waals surface area contributed by atoms with E-state index in [2.05, 4.69) is 9.55 Å². The predicted molar refractivity (Wildman–Crippen MR) is 104 cm³/mol. The molecule has 0 aromatic carbocycles. The first kappa shape index (κ1) is 19.6. The molecule has 3 rings (SSSR count). The van der Waals surface area contributed by atoms with Crippen molar-refractivity contribution < 1.29 is 14.3 Å². The quantitative estimate of drug-likeness (QED) is 0.751. The third kappa shape index (κ3) is 4.06. The molecule has 0 aliphatic carbocycles. The zero-order valence-electron chi connectivity index (χ0n) is 16.6. The number of rotatable bonds is 7. The van der Waals surface area contributed by atoms with E-state index in [-0.39, 0.29) is 17.7 Å². The first-order chi connectivity index (χ1) is 13.1. The maximum atomic E-state index is 13.3. The van der Waals surface area contributed by atoms with Gasteiger partial charge in [0, 0.05) is 69.0 Å². The van der Waals surface area contributed by atoms with E-state index in [0.717, 1.165) is 29.2 Å². The summed E-state index contributed by atoms with van der Waals surface area (Å²) in [6, 6.07) is 7.95. The lowest BCUT2D eigenvalue weighted by atomic mass is 9.93. The first-order valence-corrected chi connectivity index (χ1v) is 9.41. The molecule has 0 radical (unpaired) electrons. The SMILES string of the molecule is COCCn1c(C)cc(C(=O)N2C[C@@H](COC)[C@H](c3ccccn3)C2)c1C. The number of hydrogen-bond donors (Lipinski definition) is 0. The molecule has 0 unspecified atom stereocenters. The summed E-state index contributed by atoms with van der Waals surface area (Å²) >= 11 is 0. The molecule has 0 spiro atoms. The molecule has 27 heavy (non-hydrogen) atoms. The molecule has 1 aliphatic rings. The Bertz CT molecular complexity index is 772. The van der Waals surface area contributed by atoms with Gasteiger partial charge in [-0.25, -0.2) is 0 Å². The molecule has 1 amide bonds. The van der Waals surface area contributed by atoms with E-state index in [1.165, 1.54) is 0 Å². The minimum Gasteiger partial charge on any atom is -0.384 e. The fourth-order valence-electron chi connectivity index (χ4n) is 4.07. The van der Waals surface area contributed by atoms with E-state index < -0.39 is 0 Å². The third-order valence-corrected chi connectivity index (χ3v) is 5.50. The van der Waals surface area contributed by atoms with Crippen molar-refractivity contribution in [3.63, 3.8) is 0 Å². The van der Waals surface area contributed by atoms with Crippen molar-refractivity contribution >= 4 is 5.91 Å². The third-order valence-electron chi connectivity index (χ3n) is 5.50. The zero-order chi connectivity index (χ0) is 19.4. The minimum absolute atomic E-state index is 0.0892. The molecule has 2 aromatic rings. The Morgan fingerprint density at radius 2 is 2.04 bits per heavy atom. The molecule has 3 heterocycles. The minimum atomic E-state index is 0.0892. The van der Waals surface area contributed by atoms with Crippen LogP contribution >= 0.6 is 0 Å². The standard InChI is InChI=1S/C21H29N3O3/c1-15-11-18(16(2)24(15)9-10-26-3)21(25)23-12-17(14-27-4)19(13-23)20-7-5-6-8-22-20/h5-8,11,17,19H,9-10,12-14H2,1-4H3/t17-,19+/m0/s1. The van der Waals surface area contributed by atoms with Crippen LogP contribution < -0.4 is 0 Å². The van der Waals surface area contributed by atoms with E-state index >= 15 is 0 Å². The van der Waals surface area contributed by atoms with Crippen molar-refractivity contribution in [2.24, 2.45) is 5.92 Å². The van der Waals surface area contributed by atoms with Gasteiger partial charge in [0.05, 0.1) is 18.8 Å². The molecular weight excluding hydrogens is 342 g/mol. The second-order valence-corrected chi connectivity index (χ2v) is 7.22. The van der Waals surface area contributed by atoms with Gasteiger partial charge < -0.3 is 18.9 Å². The summed E-state index contributed by atoms with van der Waals surface area (Å²) in [5, 5.41) is 0. The molecule has 0 bridgehead atoms. The van der Waals surface area contributed by atoms with Crippen molar-refractivity contribution in [1.29, 1.82) is 0 Å². The molecule has 146 valence electrons. The number of methoxy groups -OCH3 is 2. The Kier molecular flexibility index (Phi) is 6.29. The zero-order valence-corrected chi connectivity index (χ0v) is 16.6. The highest BCUT2D eigenvalue weighted by atomic mass is 16.5. The van der Waals surface area contributed by atoms with Crippen molar-refractivity contribution in [3.8, 4) is 0 Å². The second kappa shape index (κ2) is 8.67. The molecule has 0 saturated carbocycles. The predicted octanol–water partition coefficient (Wildman–Crippen LogP) is 2.65. The van der Waals surface area contributed by atoms with Crippen molar-refractivity contribution in [2.75, 3.05) is 40.5 Å². The summed E-state index contributed by atoms with van der Waals surface area (Å²) in [5.74, 6) is 0.546. The number of carbonyl (C=O) groups is 1. The van der Waals surface area contributed by atoms with Crippen LogP contribution in [0.15, 0.2) is 30.5 Å². The van der Waals surface area contributed by atoms with Gasteiger partial charge in [-0.05, 0) is 32.0 Å². The molecule has 1 aliphatic heterocycles. The van der Waals surface area contributed by atoms with Crippen LogP contribution in [0.1, 0.15) is 33.4 Å². The number of aromatic nitrogens is 2. The fourth-order valence-corrected chi connectivity index (χ4v) is 4.07. The fraction of sp³-hybridized carbons (Fsp3) is 0.524. The molecule has 6 nitrogen and oxygen atoms in total. The first-order valence-electron chi connectivity index (χ1n) is 9.41. The second-order valence-electron chi connectivity index (χ2n) is 7.22. The van der Waals surface area contributed by atoms with Crippen LogP contribution in [0.25, 0.3) is 0 Å². The van der Waals surface area contributed by atoms with Crippen molar-refractivity contribution in [3.05, 3.63) is 53.1 Å². The van der Waals surface area contributed by atoms with Gasteiger partial charge in [0.1, 0.15) is 0 Å². The summed E-state index contributed by atoms with van der Waals surface area (Å²) in [6.45, 7) is 7.41. The van der Waals surface area contributed by atoms with Gasteiger partial charge in [-0.2, -0.15) is 0 Å². The van der Waals surface area contributed by atoms with Gasteiger partial charge in [0.2, 0.25) is 0 Å². The summed E-state index contributed by atoms with van der Waals surface area (Å²) in [5.41, 5.74) is 3.89. The number of ether oxygens (including phenoxy) is 2. The Labute approximate surface area is 161 Å². The van der Waals surface area contributed by atoms with Gasteiger partial charge in [0.15, 0.2) is 0 Å². The maximum Gasteiger partial charge on any atom is 0.255 e. The van der Waals surface area contributed by atoms with Crippen LogP contribution in [-0.4, -0.2) is 60.9 Å². The summed E-state index contributed by atoms with van der Waals surface area (Å²) in [7, 11) is 3.40. The molecule has 0 N–H and O–H groups in total. The van der Waals surface area contributed by atoms with E-state index in [4.69, 9.17) is 9.47 Å². The maximum absolute atomic E-state index is 13.3. The monoisotopic (exact) mass is 371 g/mol. The number of carbonyl (C=O) groups excluding carboxylic acids is 1. The van der Waals surface area contributed by atoms with Crippen LogP contribution in [0, 0.1) is 19.8 Å². The van der Waals surface area contributed by atoms with Crippen LogP contribution in [0.4, 0.5) is 0 Å². The number of amides is 1. The lowest BCUT2D eigenvalue weighted by Gasteiger charge is -2.17. The molecular formula is C21H29N3O3. The van der Waals surface area contributed by atoms with Gasteiger partial charge in [-0.3, -0.25) is 9.78 Å². The largest absolute Gasteiger partial charge is 0.384 e. The van der Waals surface area contributed by atoms with E-state index in [1.807, 2.05) is 49.2 Å². The molecule has 2 aromatic heterocycles. The Morgan fingerprint density at radius 1 is 1.22 bits per heavy atom. The number of aryl methyl sites for hydroxylation is 1. The topological polar surface area (TPSA) is 56.6 Å². The number of nitrogens with zero attached hydrogens (tertiary/aromatic N) is 3. The highest BCUT2D eigenvalue weighted by Crippen LogP contribution is 2.33. The van der Waals surface area contributed by atoms with Crippen molar-refractivity contribution in [2.45, 2.75) is 26.3 Å². The molecule has 1 saturated heterocycles. The number of hydrogen-bond acceptors (Lipinski definition) is 4. The Hall–Kier alpha value is -2.18.